The average molecular weight is 545 g/mol. The molecule has 1 spiro atoms. The van der Waals surface area contributed by atoms with Crippen molar-refractivity contribution in [2.24, 2.45) is 17.3 Å². The molecule has 2 aromatic carbocycles. The number of ketones is 1. The van der Waals surface area contributed by atoms with Crippen LogP contribution in [0.3, 0.4) is 0 Å². The molecule has 8 nitrogen and oxygen atoms in total. The molecule has 0 bridgehead atoms. The highest BCUT2D eigenvalue weighted by Crippen LogP contribution is 2.57. The minimum atomic E-state index is -3.74. The topological polar surface area (TPSA) is 101 Å². The number of hydrogen-bond donors (Lipinski definition) is 0. The highest BCUT2D eigenvalue weighted by atomic mass is 32.2. The molecule has 198 valence electrons. The fourth-order valence-electron chi connectivity index (χ4n) is 5.98. The third kappa shape index (κ3) is 4.43. The molecule has 5 rings (SSSR count). The first-order valence-electron chi connectivity index (χ1n) is 12.4. The summed E-state index contributed by atoms with van der Waals surface area (Å²) in [7, 11) is -5.86. The molecule has 1 saturated carbocycles. The van der Waals surface area contributed by atoms with Gasteiger partial charge in [-0.2, -0.15) is 8.61 Å². The van der Waals surface area contributed by atoms with Gasteiger partial charge in [0.2, 0.25) is 20.0 Å². The van der Waals surface area contributed by atoms with Gasteiger partial charge >= 0.3 is 0 Å². The molecule has 0 amide bonds. The molecule has 3 fully saturated rings. The van der Waals surface area contributed by atoms with E-state index < -0.39 is 31.4 Å². The Hall–Kier alpha value is -2.53. The standard InChI is InChI=1S/C27H32N2O6S2/c1-19-4-8-22(9-5-19)36(31,32)28-13-12-21(16-35-3)24(15-28)26-25(30)14-27(26)17-29(18-27)37(33,34)23-10-6-20(2)7-11-23/h4-11,16,24,26H,12-15,17-18H2,1-3H3/b21-16+. The van der Waals surface area contributed by atoms with Gasteiger partial charge in [-0.3, -0.25) is 4.79 Å². The maximum Gasteiger partial charge on any atom is 0.243 e. The number of Topliss-reactive ketones (excluding diaryl/α,β-unsaturated/α-hetero) is 1. The normalized spacial score (nSPS) is 25.6. The number of ether oxygens (including phenoxy) is 1. The number of hydrogen-bond acceptors (Lipinski definition) is 6. The quantitative estimate of drug-likeness (QED) is 0.518. The van der Waals surface area contributed by atoms with Gasteiger partial charge in [0, 0.05) is 49.9 Å². The minimum absolute atomic E-state index is 0.0500. The van der Waals surface area contributed by atoms with Gasteiger partial charge < -0.3 is 4.74 Å². The third-order valence-corrected chi connectivity index (χ3v) is 11.7. The molecule has 1 aliphatic carbocycles. The van der Waals surface area contributed by atoms with Crippen LogP contribution in [0.4, 0.5) is 0 Å². The number of nitrogens with zero attached hydrogens (tertiary/aromatic N) is 2. The average Bonchev–Trinajstić information content (AvgIpc) is 2.82. The molecular weight excluding hydrogens is 512 g/mol. The zero-order valence-corrected chi connectivity index (χ0v) is 22.9. The second-order valence-corrected chi connectivity index (χ2v) is 14.4. The number of benzene rings is 2. The van der Waals surface area contributed by atoms with Crippen molar-refractivity contribution in [2.45, 2.75) is 36.5 Å². The molecule has 2 saturated heterocycles. The second-order valence-electron chi connectivity index (χ2n) is 10.5. The van der Waals surface area contributed by atoms with Crippen molar-refractivity contribution in [3.05, 3.63) is 71.5 Å². The number of carbonyl (C=O) groups excluding carboxylic acids is 1. The lowest BCUT2D eigenvalue weighted by molar-refractivity contribution is -0.160. The Kier molecular flexibility index (Phi) is 6.59. The van der Waals surface area contributed by atoms with E-state index in [9.17, 15) is 21.6 Å². The first-order chi connectivity index (χ1) is 17.5. The summed E-state index contributed by atoms with van der Waals surface area (Å²) in [5.74, 6) is -0.761. The molecule has 3 aliphatic rings. The Labute approximate surface area is 219 Å². The van der Waals surface area contributed by atoms with Crippen molar-refractivity contribution in [3.8, 4) is 0 Å². The van der Waals surface area contributed by atoms with E-state index in [1.165, 1.54) is 15.7 Å². The molecule has 2 aliphatic heterocycles. The van der Waals surface area contributed by atoms with Crippen LogP contribution >= 0.6 is 0 Å². The van der Waals surface area contributed by atoms with Gasteiger partial charge in [-0.25, -0.2) is 16.8 Å². The van der Waals surface area contributed by atoms with Crippen LogP contribution in [0.2, 0.25) is 0 Å². The number of methoxy groups -OCH3 is 1. The van der Waals surface area contributed by atoms with Gasteiger partial charge in [0.1, 0.15) is 5.78 Å². The Bertz CT molecular complexity index is 1440. The first-order valence-corrected chi connectivity index (χ1v) is 15.2. The van der Waals surface area contributed by atoms with Gasteiger partial charge in [0.25, 0.3) is 0 Å². The van der Waals surface area contributed by atoms with Gasteiger partial charge in [0.05, 0.1) is 23.2 Å². The summed E-state index contributed by atoms with van der Waals surface area (Å²) in [4.78, 5) is 13.5. The van der Waals surface area contributed by atoms with Crippen LogP contribution in [0.5, 0.6) is 0 Å². The van der Waals surface area contributed by atoms with E-state index >= 15 is 0 Å². The Morgan fingerprint density at radius 3 is 1.86 bits per heavy atom. The fourth-order valence-corrected chi connectivity index (χ4v) is 9.08. The van der Waals surface area contributed by atoms with E-state index in [2.05, 4.69) is 0 Å². The summed E-state index contributed by atoms with van der Waals surface area (Å²) in [6.07, 6.45) is 2.38. The molecule has 0 radical (unpaired) electrons. The van der Waals surface area contributed by atoms with Crippen molar-refractivity contribution in [1.29, 1.82) is 0 Å². The molecule has 0 N–H and O–H groups in total. The third-order valence-electron chi connectivity index (χ3n) is 8.03. The monoisotopic (exact) mass is 544 g/mol. The minimum Gasteiger partial charge on any atom is -0.504 e. The van der Waals surface area contributed by atoms with Crippen molar-refractivity contribution in [3.63, 3.8) is 0 Å². The largest absolute Gasteiger partial charge is 0.504 e. The van der Waals surface area contributed by atoms with Crippen LogP contribution in [0.1, 0.15) is 24.0 Å². The summed E-state index contributed by atoms with van der Waals surface area (Å²) in [5, 5.41) is 0. The maximum atomic E-state index is 13.4. The summed E-state index contributed by atoms with van der Waals surface area (Å²) in [6.45, 7) is 4.76. The van der Waals surface area contributed by atoms with Crippen molar-refractivity contribution < 1.29 is 26.4 Å². The van der Waals surface area contributed by atoms with Crippen LogP contribution in [-0.2, 0) is 29.6 Å². The number of aryl methyl sites for hydroxylation is 2. The predicted octanol–water partition coefficient (Wildman–Crippen LogP) is 3.12. The predicted molar refractivity (Wildman–Crippen MR) is 139 cm³/mol. The SMILES string of the molecule is CO/C=C1\CCN(S(=O)(=O)c2ccc(C)cc2)CC1C1C(=O)CC12CN(S(=O)(=O)c1ccc(C)cc1)C2. The van der Waals surface area contributed by atoms with E-state index in [0.717, 1.165) is 16.7 Å². The van der Waals surface area contributed by atoms with Crippen molar-refractivity contribution >= 4 is 25.8 Å². The van der Waals surface area contributed by atoms with Gasteiger partial charge in [-0.15, -0.1) is 0 Å². The lowest BCUT2D eigenvalue weighted by Crippen LogP contribution is -2.71. The zero-order chi connectivity index (χ0) is 26.6. The Morgan fingerprint density at radius 2 is 1.38 bits per heavy atom. The molecule has 2 aromatic rings. The summed E-state index contributed by atoms with van der Waals surface area (Å²) in [6, 6.07) is 13.5. The number of rotatable bonds is 6. The summed E-state index contributed by atoms with van der Waals surface area (Å²) < 4.78 is 61.4. The second kappa shape index (κ2) is 9.34. The maximum absolute atomic E-state index is 13.4. The molecular formula is C27H32N2O6S2. The summed E-state index contributed by atoms with van der Waals surface area (Å²) in [5.41, 5.74) is 2.36. The van der Waals surface area contributed by atoms with E-state index in [-0.39, 0.29) is 41.1 Å². The van der Waals surface area contributed by atoms with Gasteiger partial charge in [-0.1, -0.05) is 35.4 Å². The Morgan fingerprint density at radius 1 is 0.865 bits per heavy atom. The van der Waals surface area contributed by atoms with Crippen LogP contribution in [0.15, 0.2) is 70.2 Å². The van der Waals surface area contributed by atoms with Crippen molar-refractivity contribution in [1.82, 2.24) is 8.61 Å². The highest BCUT2D eigenvalue weighted by molar-refractivity contribution is 7.89. The molecule has 2 atom stereocenters. The lowest BCUT2D eigenvalue weighted by Gasteiger charge is -2.61. The zero-order valence-electron chi connectivity index (χ0n) is 21.3. The number of sulfonamides is 2. The smallest absolute Gasteiger partial charge is 0.243 e. The fraction of sp³-hybridized carbons (Fsp3) is 0.444. The van der Waals surface area contributed by atoms with Crippen LogP contribution in [0, 0.1) is 31.1 Å². The van der Waals surface area contributed by atoms with Crippen LogP contribution in [0.25, 0.3) is 0 Å². The highest BCUT2D eigenvalue weighted by Gasteiger charge is 2.65. The van der Waals surface area contributed by atoms with E-state index in [4.69, 9.17) is 4.74 Å². The summed E-state index contributed by atoms with van der Waals surface area (Å²) >= 11 is 0. The molecule has 10 heteroatoms. The van der Waals surface area contributed by atoms with Gasteiger partial charge in [-0.05, 0) is 50.1 Å². The van der Waals surface area contributed by atoms with Gasteiger partial charge in [0.15, 0.2) is 0 Å². The van der Waals surface area contributed by atoms with E-state index in [0.29, 0.717) is 19.4 Å². The van der Waals surface area contributed by atoms with Crippen molar-refractivity contribution in [2.75, 3.05) is 33.3 Å². The molecule has 2 heterocycles. The molecule has 0 aromatic heterocycles. The number of carbonyl (C=O) groups is 1. The van der Waals surface area contributed by atoms with Crippen LogP contribution < -0.4 is 0 Å². The molecule has 37 heavy (non-hydrogen) atoms. The lowest BCUT2D eigenvalue weighted by atomic mass is 9.50. The molecule has 2 unspecified atom stereocenters. The number of piperidine rings is 1. The first kappa shape index (κ1) is 26.1. The van der Waals surface area contributed by atoms with E-state index in [1.807, 2.05) is 13.8 Å². The Balaban J connectivity index is 1.39. The van der Waals surface area contributed by atoms with E-state index in [1.54, 1.807) is 54.8 Å². The van der Waals surface area contributed by atoms with Crippen LogP contribution in [-0.4, -0.2) is 64.5 Å².